The van der Waals surface area contributed by atoms with Crippen LogP contribution >= 0.6 is 22.7 Å². The number of rotatable bonds is 4. The van der Waals surface area contributed by atoms with E-state index in [1.165, 1.54) is 11.3 Å². The number of thiophene rings is 1. The van der Waals surface area contributed by atoms with Gasteiger partial charge in [-0.2, -0.15) is 0 Å². The highest BCUT2D eigenvalue weighted by Crippen LogP contribution is 2.29. The first-order chi connectivity index (χ1) is 11.7. The zero-order valence-corrected chi connectivity index (χ0v) is 15.0. The minimum atomic E-state index is -0.343. The van der Waals surface area contributed by atoms with Crippen molar-refractivity contribution in [1.29, 1.82) is 0 Å². The highest BCUT2D eigenvalue weighted by Gasteiger charge is 2.29. The predicted molar refractivity (Wildman–Crippen MR) is 95.4 cm³/mol. The second kappa shape index (κ2) is 7.76. The molecule has 128 valence electrons. The van der Waals surface area contributed by atoms with Crippen LogP contribution in [-0.4, -0.2) is 41.6 Å². The van der Waals surface area contributed by atoms with Crippen LogP contribution < -0.4 is 5.32 Å². The normalized spacial score (nSPS) is 17.5. The first kappa shape index (κ1) is 16.9. The molecule has 0 saturated carbocycles. The van der Waals surface area contributed by atoms with Crippen LogP contribution in [-0.2, 0) is 9.53 Å². The number of carbonyl (C=O) groups excluding carboxylic acids is 2. The van der Waals surface area contributed by atoms with Crippen LogP contribution in [0.25, 0.3) is 10.6 Å². The largest absolute Gasteiger partial charge is 0.450 e. The maximum absolute atomic E-state index is 12.5. The third-order valence-corrected chi connectivity index (χ3v) is 5.48. The molecule has 0 bridgehead atoms. The smallest absolute Gasteiger partial charge is 0.409 e. The van der Waals surface area contributed by atoms with E-state index < -0.39 is 0 Å². The van der Waals surface area contributed by atoms with Gasteiger partial charge in [0.1, 0.15) is 0 Å². The van der Waals surface area contributed by atoms with Crippen LogP contribution in [0.1, 0.15) is 19.8 Å². The topological polar surface area (TPSA) is 71.5 Å². The fraction of sp³-hybridized carbons (Fsp3) is 0.438. The van der Waals surface area contributed by atoms with E-state index in [1.54, 1.807) is 23.2 Å². The molecule has 1 atom stereocenters. The third-order valence-electron chi connectivity index (χ3n) is 3.83. The van der Waals surface area contributed by atoms with Crippen molar-refractivity contribution in [2.24, 2.45) is 5.92 Å². The predicted octanol–water partition coefficient (Wildman–Crippen LogP) is 3.68. The van der Waals surface area contributed by atoms with Gasteiger partial charge in [-0.05, 0) is 31.2 Å². The molecule has 1 N–H and O–H groups in total. The summed E-state index contributed by atoms with van der Waals surface area (Å²) in [6.07, 6.45) is 1.23. The lowest BCUT2D eigenvalue weighted by molar-refractivity contribution is -0.121. The molecule has 0 unspecified atom stereocenters. The highest BCUT2D eigenvalue weighted by molar-refractivity contribution is 7.16. The van der Waals surface area contributed by atoms with Crippen LogP contribution in [0.3, 0.4) is 0 Å². The van der Waals surface area contributed by atoms with E-state index in [4.69, 9.17) is 4.74 Å². The Morgan fingerprint density at radius 2 is 2.33 bits per heavy atom. The number of likely N-dealkylation sites (tertiary alicyclic amines) is 1. The molecule has 2 aromatic heterocycles. The average molecular weight is 365 g/mol. The Hall–Kier alpha value is -1.93. The van der Waals surface area contributed by atoms with Gasteiger partial charge in [-0.1, -0.05) is 6.07 Å². The van der Waals surface area contributed by atoms with Gasteiger partial charge in [-0.3, -0.25) is 4.79 Å². The van der Waals surface area contributed by atoms with Crippen molar-refractivity contribution in [3.05, 3.63) is 22.9 Å². The Morgan fingerprint density at radius 3 is 3.08 bits per heavy atom. The molecular formula is C16H19N3O3S2. The molecule has 0 spiro atoms. The molecule has 1 aliphatic rings. The van der Waals surface area contributed by atoms with E-state index in [2.05, 4.69) is 10.3 Å². The first-order valence-corrected chi connectivity index (χ1v) is 9.65. The summed E-state index contributed by atoms with van der Waals surface area (Å²) in [4.78, 5) is 31.4. The number of piperidine rings is 1. The van der Waals surface area contributed by atoms with Gasteiger partial charge in [-0.15, -0.1) is 22.7 Å². The number of ether oxygens (including phenoxy) is 1. The van der Waals surface area contributed by atoms with E-state index in [1.807, 2.05) is 22.9 Å². The van der Waals surface area contributed by atoms with E-state index in [0.29, 0.717) is 24.8 Å². The van der Waals surface area contributed by atoms with E-state index in [0.717, 1.165) is 23.4 Å². The maximum Gasteiger partial charge on any atom is 0.409 e. The Balaban J connectivity index is 1.59. The summed E-state index contributed by atoms with van der Waals surface area (Å²) in [6, 6.07) is 3.98. The summed E-state index contributed by atoms with van der Waals surface area (Å²) in [5.41, 5.74) is 0.877. The highest BCUT2D eigenvalue weighted by atomic mass is 32.1. The molecule has 6 nitrogen and oxygen atoms in total. The monoisotopic (exact) mass is 365 g/mol. The van der Waals surface area contributed by atoms with Crippen LogP contribution in [0, 0.1) is 5.92 Å². The van der Waals surface area contributed by atoms with Gasteiger partial charge in [0.15, 0.2) is 5.13 Å². The maximum atomic E-state index is 12.5. The van der Waals surface area contributed by atoms with Crippen molar-refractivity contribution >= 4 is 39.8 Å². The summed E-state index contributed by atoms with van der Waals surface area (Å²) >= 11 is 3.03. The minimum absolute atomic E-state index is 0.0870. The van der Waals surface area contributed by atoms with Crippen LogP contribution in [0.2, 0.25) is 0 Å². The molecular weight excluding hydrogens is 346 g/mol. The summed E-state index contributed by atoms with van der Waals surface area (Å²) < 4.78 is 5.02. The van der Waals surface area contributed by atoms with Crippen molar-refractivity contribution in [3.63, 3.8) is 0 Å². The number of amides is 2. The number of anilines is 1. The molecule has 1 saturated heterocycles. The lowest BCUT2D eigenvalue weighted by Gasteiger charge is -2.30. The van der Waals surface area contributed by atoms with Crippen molar-refractivity contribution in [1.82, 2.24) is 9.88 Å². The van der Waals surface area contributed by atoms with Gasteiger partial charge in [0, 0.05) is 18.5 Å². The number of hydrogen-bond acceptors (Lipinski definition) is 6. The fourth-order valence-electron chi connectivity index (χ4n) is 2.65. The van der Waals surface area contributed by atoms with Gasteiger partial charge in [0.05, 0.1) is 23.1 Å². The second-order valence-electron chi connectivity index (χ2n) is 5.49. The van der Waals surface area contributed by atoms with Crippen LogP contribution in [0.5, 0.6) is 0 Å². The van der Waals surface area contributed by atoms with Gasteiger partial charge in [-0.25, -0.2) is 9.78 Å². The molecule has 3 heterocycles. The summed E-state index contributed by atoms with van der Waals surface area (Å²) in [6.45, 7) is 3.16. The van der Waals surface area contributed by atoms with Crippen molar-refractivity contribution in [3.8, 4) is 10.6 Å². The van der Waals surface area contributed by atoms with Crippen LogP contribution in [0.15, 0.2) is 22.9 Å². The number of nitrogens with zero attached hydrogens (tertiary/aromatic N) is 2. The molecule has 1 fully saturated rings. The van der Waals surface area contributed by atoms with Gasteiger partial charge in [0.2, 0.25) is 5.91 Å². The molecule has 8 heteroatoms. The van der Waals surface area contributed by atoms with E-state index in [9.17, 15) is 9.59 Å². The third kappa shape index (κ3) is 3.93. The van der Waals surface area contributed by atoms with Crippen LogP contribution in [0.4, 0.5) is 9.93 Å². The Bertz CT molecular complexity index is 699. The number of carbonyl (C=O) groups is 2. The molecule has 2 aromatic rings. The summed E-state index contributed by atoms with van der Waals surface area (Å²) in [5, 5.41) is 7.41. The molecule has 2 amide bonds. The summed E-state index contributed by atoms with van der Waals surface area (Å²) in [5.74, 6) is -0.312. The fourth-order valence-corrected chi connectivity index (χ4v) is 4.12. The van der Waals surface area contributed by atoms with Crippen molar-refractivity contribution < 1.29 is 14.3 Å². The Morgan fingerprint density at radius 1 is 1.46 bits per heavy atom. The van der Waals surface area contributed by atoms with Crippen molar-refractivity contribution in [2.75, 3.05) is 25.0 Å². The second-order valence-corrected chi connectivity index (χ2v) is 7.29. The zero-order chi connectivity index (χ0) is 16.9. The average Bonchev–Trinajstić information content (AvgIpc) is 3.26. The standard InChI is InChI=1S/C16H19N3O3S2/c1-2-22-16(21)19-7-3-5-11(9-19)14(20)18-15-17-12(10-24-15)13-6-4-8-23-13/h4,6,8,10-11H,2-3,5,7,9H2,1H3,(H,17,18,20)/t11-/m1/s1. The van der Waals surface area contributed by atoms with Gasteiger partial charge >= 0.3 is 6.09 Å². The molecule has 1 aliphatic heterocycles. The molecule has 24 heavy (non-hydrogen) atoms. The zero-order valence-electron chi connectivity index (χ0n) is 13.4. The SMILES string of the molecule is CCOC(=O)N1CCC[C@@H](C(=O)Nc2nc(-c3cccs3)cs2)C1. The lowest BCUT2D eigenvalue weighted by Crippen LogP contribution is -2.44. The molecule has 0 aliphatic carbocycles. The number of hydrogen-bond donors (Lipinski definition) is 1. The molecule has 0 radical (unpaired) electrons. The van der Waals surface area contributed by atoms with E-state index in [-0.39, 0.29) is 17.9 Å². The summed E-state index contributed by atoms with van der Waals surface area (Å²) in [7, 11) is 0. The number of aromatic nitrogens is 1. The Labute approximate surface area is 148 Å². The number of nitrogens with one attached hydrogen (secondary N) is 1. The van der Waals surface area contributed by atoms with E-state index >= 15 is 0 Å². The number of thiazole rings is 1. The lowest BCUT2D eigenvalue weighted by atomic mass is 9.97. The first-order valence-electron chi connectivity index (χ1n) is 7.89. The Kier molecular flexibility index (Phi) is 5.47. The molecule has 3 rings (SSSR count). The minimum Gasteiger partial charge on any atom is -0.450 e. The van der Waals surface area contributed by atoms with Gasteiger partial charge < -0.3 is 15.0 Å². The van der Waals surface area contributed by atoms with Gasteiger partial charge in [0.25, 0.3) is 0 Å². The quantitative estimate of drug-likeness (QED) is 0.897. The molecule has 0 aromatic carbocycles. The van der Waals surface area contributed by atoms with Crippen molar-refractivity contribution in [2.45, 2.75) is 19.8 Å².